The van der Waals surface area contributed by atoms with E-state index in [2.05, 4.69) is 23.9 Å². The van der Waals surface area contributed by atoms with Crippen LogP contribution in [0.1, 0.15) is 30.1 Å². The quantitative estimate of drug-likeness (QED) is 0.755. The Hall–Kier alpha value is -1.41. The van der Waals surface area contributed by atoms with Gasteiger partial charge in [-0.2, -0.15) is 0 Å². The first-order valence-electron chi connectivity index (χ1n) is 7.89. The smallest absolute Gasteiger partial charge is 0.292 e. The molecule has 1 aliphatic heterocycles. The van der Waals surface area contributed by atoms with Gasteiger partial charge in [-0.15, -0.1) is 0 Å². The molecule has 0 spiro atoms. The lowest BCUT2D eigenvalue weighted by Gasteiger charge is -2.33. The molecule has 23 heavy (non-hydrogen) atoms. The average Bonchev–Trinajstić information content (AvgIpc) is 2.92. The Morgan fingerprint density at radius 3 is 2.52 bits per heavy atom. The topological polar surface area (TPSA) is 83.7 Å². The van der Waals surface area contributed by atoms with Crippen molar-refractivity contribution in [1.82, 2.24) is 15.0 Å². The van der Waals surface area contributed by atoms with Crippen LogP contribution < -0.4 is 0 Å². The first-order chi connectivity index (χ1) is 10.7. The Labute approximate surface area is 137 Å². The highest BCUT2D eigenvalue weighted by Crippen LogP contribution is 2.13. The van der Waals surface area contributed by atoms with Crippen LogP contribution in [0, 0.1) is 5.92 Å². The summed E-state index contributed by atoms with van der Waals surface area (Å²) in [7, 11) is -2.95. The molecule has 0 unspecified atom stereocenters. The minimum atomic E-state index is -2.95. The van der Waals surface area contributed by atoms with Crippen molar-refractivity contribution in [1.29, 1.82) is 0 Å². The van der Waals surface area contributed by atoms with Gasteiger partial charge < -0.3 is 9.42 Å². The number of carbonyl (C=O) groups is 1. The Balaban J connectivity index is 1.84. The maximum Gasteiger partial charge on any atom is 0.292 e. The highest BCUT2D eigenvalue weighted by atomic mass is 32.2. The minimum Gasteiger partial charge on any atom is -0.351 e. The van der Waals surface area contributed by atoms with E-state index in [0.717, 1.165) is 12.1 Å². The third kappa shape index (κ3) is 5.62. The molecular weight excluding hydrogens is 318 g/mol. The number of hydrogen-bond acceptors (Lipinski definition) is 6. The molecule has 1 aromatic heterocycles. The fraction of sp³-hybridized carbons (Fsp3) is 0.733. The summed E-state index contributed by atoms with van der Waals surface area (Å²) < 4.78 is 27.6. The fourth-order valence-electron chi connectivity index (χ4n) is 2.55. The molecule has 0 aliphatic carbocycles. The van der Waals surface area contributed by atoms with Crippen molar-refractivity contribution >= 4 is 15.7 Å². The molecule has 0 saturated carbocycles. The zero-order chi connectivity index (χ0) is 17.0. The molecule has 0 atom stereocenters. The van der Waals surface area contributed by atoms with E-state index in [1.165, 1.54) is 6.26 Å². The van der Waals surface area contributed by atoms with E-state index in [4.69, 9.17) is 4.52 Å². The number of amides is 1. The van der Waals surface area contributed by atoms with Crippen LogP contribution in [-0.2, 0) is 16.3 Å². The number of sulfone groups is 1. The molecule has 1 amide bonds. The highest BCUT2D eigenvalue weighted by molar-refractivity contribution is 7.90. The van der Waals surface area contributed by atoms with Crippen LogP contribution in [0.2, 0.25) is 0 Å². The number of nitrogens with zero attached hydrogens (tertiary/aromatic N) is 3. The summed E-state index contributed by atoms with van der Waals surface area (Å²) in [5, 5.41) is 3.94. The third-order valence-corrected chi connectivity index (χ3v) is 4.75. The molecule has 1 fully saturated rings. The lowest BCUT2D eigenvalue weighted by molar-refractivity contribution is 0.0603. The van der Waals surface area contributed by atoms with Gasteiger partial charge in [0.05, 0.1) is 11.4 Å². The van der Waals surface area contributed by atoms with Crippen LogP contribution in [-0.4, -0.2) is 74.0 Å². The van der Waals surface area contributed by atoms with E-state index in [1.807, 2.05) is 0 Å². The van der Waals surface area contributed by atoms with Gasteiger partial charge in [0, 0.05) is 45.0 Å². The van der Waals surface area contributed by atoms with E-state index in [0.29, 0.717) is 38.6 Å². The van der Waals surface area contributed by atoms with E-state index < -0.39 is 9.84 Å². The molecule has 8 heteroatoms. The standard InChI is InChI=1S/C15H25N3O4S/c1-12(2)10-13-11-14(22-16-13)15(19)18-6-4-17(5-7-18)8-9-23(3,20)21/h11-12H,4-10H2,1-3H3. The van der Waals surface area contributed by atoms with Gasteiger partial charge in [-0.1, -0.05) is 19.0 Å². The van der Waals surface area contributed by atoms with Crippen molar-refractivity contribution in [3.8, 4) is 0 Å². The Morgan fingerprint density at radius 1 is 1.30 bits per heavy atom. The van der Waals surface area contributed by atoms with Crippen molar-refractivity contribution in [2.45, 2.75) is 20.3 Å². The van der Waals surface area contributed by atoms with Gasteiger partial charge in [-0.05, 0) is 12.3 Å². The molecule has 1 saturated heterocycles. The van der Waals surface area contributed by atoms with E-state index in [-0.39, 0.29) is 17.4 Å². The lowest BCUT2D eigenvalue weighted by Crippen LogP contribution is -2.49. The second kappa shape index (κ2) is 7.44. The molecule has 0 aromatic carbocycles. The van der Waals surface area contributed by atoms with Crippen molar-refractivity contribution < 1.29 is 17.7 Å². The first-order valence-corrected chi connectivity index (χ1v) is 9.95. The Kier molecular flexibility index (Phi) is 5.80. The molecule has 2 heterocycles. The van der Waals surface area contributed by atoms with E-state index in [9.17, 15) is 13.2 Å². The van der Waals surface area contributed by atoms with Crippen molar-refractivity contribution in [2.75, 3.05) is 44.7 Å². The third-order valence-electron chi connectivity index (χ3n) is 3.82. The predicted octanol–water partition coefficient (Wildman–Crippen LogP) is 0.676. The number of carbonyl (C=O) groups excluding carboxylic acids is 1. The van der Waals surface area contributed by atoms with Crippen LogP contribution in [0.3, 0.4) is 0 Å². The van der Waals surface area contributed by atoms with Gasteiger partial charge >= 0.3 is 0 Å². The summed E-state index contributed by atoms with van der Waals surface area (Å²) in [5.74, 6) is 0.753. The first kappa shape index (κ1) is 17.9. The molecule has 0 N–H and O–H groups in total. The van der Waals surface area contributed by atoms with Crippen LogP contribution in [0.4, 0.5) is 0 Å². The van der Waals surface area contributed by atoms with Crippen molar-refractivity contribution in [3.05, 3.63) is 17.5 Å². The van der Waals surface area contributed by atoms with Crippen molar-refractivity contribution in [3.63, 3.8) is 0 Å². The second-order valence-corrected chi connectivity index (χ2v) is 8.80. The van der Waals surface area contributed by atoms with Crippen LogP contribution >= 0.6 is 0 Å². The number of aromatic nitrogens is 1. The Morgan fingerprint density at radius 2 is 1.96 bits per heavy atom. The number of rotatable bonds is 6. The van der Waals surface area contributed by atoms with E-state index in [1.54, 1.807) is 11.0 Å². The molecular formula is C15H25N3O4S. The zero-order valence-electron chi connectivity index (χ0n) is 14.0. The summed E-state index contributed by atoms with van der Waals surface area (Å²) >= 11 is 0. The van der Waals surface area contributed by atoms with Gasteiger partial charge in [0.15, 0.2) is 0 Å². The minimum absolute atomic E-state index is 0.143. The number of piperazine rings is 1. The summed E-state index contributed by atoms with van der Waals surface area (Å²) in [4.78, 5) is 16.2. The largest absolute Gasteiger partial charge is 0.351 e. The summed E-state index contributed by atoms with van der Waals surface area (Å²) in [6.45, 7) is 7.19. The summed E-state index contributed by atoms with van der Waals surface area (Å²) in [6, 6.07) is 1.72. The lowest BCUT2D eigenvalue weighted by atomic mass is 10.1. The molecule has 0 radical (unpaired) electrons. The monoisotopic (exact) mass is 343 g/mol. The van der Waals surface area contributed by atoms with Crippen LogP contribution in [0.15, 0.2) is 10.6 Å². The van der Waals surface area contributed by atoms with Gasteiger partial charge in [0.25, 0.3) is 5.91 Å². The Bertz CT molecular complexity index is 631. The van der Waals surface area contributed by atoms with E-state index >= 15 is 0 Å². The normalized spacial score (nSPS) is 17.0. The predicted molar refractivity (Wildman–Crippen MR) is 87.1 cm³/mol. The maximum atomic E-state index is 12.4. The summed E-state index contributed by atoms with van der Waals surface area (Å²) in [5.41, 5.74) is 0.801. The zero-order valence-corrected chi connectivity index (χ0v) is 14.8. The van der Waals surface area contributed by atoms with Gasteiger partial charge in [-0.25, -0.2) is 8.42 Å². The maximum absolute atomic E-state index is 12.4. The summed E-state index contributed by atoms with van der Waals surface area (Å²) in [6.07, 6.45) is 2.03. The molecule has 1 aromatic rings. The molecule has 0 bridgehead atoms. The highest BCUT2D eigenvalue weighted by Gasteiger charge is 2.25. The molecule has 130 valence electrons. The van der Waals surface area contributed by atoms with Gasteiger partial charge in [-0.3, -0.25) is 9.69 Å². The average molecular weight is 343 g/mol. The second-order valence-electron chi connectivity index (χ2n) is 6.54. The van der Waals surface area contributed by atoms with Crippen molar-refractivity contribution in [2.24, 2.45) is 5.92 Å². The fourth-order valence-corrected chi connectivity index (χ4v) is 3.14. The van der Waals surface area contributed by atoms with Gasteiger partial charge in [0.2, 0.25) is 5.76 Å². The number of hydrogen-bond donors (Lipinski definition) is 0. The van der Waals surface area contributed by atoms with Crippen LogP contribution in [0.25, 0.3) is 0 Å². The van der Waals surface area contributed by atoms with Gasteiger partial charge in [0.1, 0.15) is 9.84 Å². The van der Waals surface area contributed by atoms with Crippen LogP contribution in [0.5, 0.6) is 0 Å². The molecule has 1 aliphatic rings. The molecule has 2 rings (SSSR count). The molecule has 7 nitrogen and oxygen atoms in total. The SMILES string of the molecule is CC(C)Cc1cc(C(=O)N2CCN(CCS(C)(=O)=O)CC2)on1.